The molecule has 0 radical (unpaired) electrons. The van der Waals surface area contributed by atoms with Crippen LogP contribution in [0.5, 0.6) is 0 Å². The van der Waals surface area contributed by atoms with Crippen LogP contribution < -0.4 is 11.1 Å². The van der Waals surface area contributed by atoms with Gasteiger partial charge in [0.05, 0.1) is 10.7 Å². The van der Waals surface area contributed by atoms with Crippen LogP contribution in [0.2, 0.25) is 0 Å². The van der Waals surface area contributed by atoms with Crippen LogP contribution in [0.25, 0.3) is 0 Å². The van der Waals surface area contributed by atoms with Crippen LogP contribution in [0.15, 0.2) is 0 Å². The Balaban J connectivity index is 1.95. The number of anilines is 2. The minimum atomic E-state index is 0.0108. The monoisotopic (exact) mass is 307 g/mol. The van der Waals surface area contributed by atoms with Crippen molar-refractivity contribution in [2.45, 2.75) is 51.0 Å². The Morgan fingerprint density at radius 2 is 1.90 bits per heavy atom. The summed E-state index contributed by atoms with van der Waals surface area (Å²) in [6.07, 6.45) is 4.97. The summed E-state index contributed by atoms with van der Waals surface area (Å²) in [5, 5.41) is 4.82. The highest BCUT2D eigenvalue weighted by Crippen LogP contribution is 2.52. The van der Waals surface area contributed by atoms with E-state index >= 15 is 0 Å². The van der Waals surface area contributed by atoms with Crippen molar-refractivity contribution in [2.24, 2.45) is 5.92 Å². The van der Waals surface area contributed by atoms with E-state index in [0.29, 0.717) is 16.5 Å². The van der Waals surface area contributed by atoms with Crippen molar-refractivity contribution in [3.63, 3.8) is 0 Å². The number of carbonyl (C=O) groups is 1. The van der Waals surface area contributed by atoms with Crippen molar-refractivity contribution in [1.82, 2.24) is 4.90 Å². The van der Waals surface area contributed by atoms with E-state index in [-0.39, 0.29) is 11.4 Å². The molecule has 2 aliphatic rings. The lowest BCUT2D eigenvalue weighted by Crippen LogP contribution is -2.33. The molecule has 0 saturated heterocycles. The van der Waals surface area contributed by atoms with Crippen LogP contribution in [0.3, 0.4) is 0 Å². The highest BCUT2D eigenvalue weighted by atomic mass is 32.1. The van der Waals surface area contributed by atoms with Crippen molar-refractivity contribution in [3.8, 4) is 0 Å². The van der Waals surface area contributed by atoms with E-state index in [0.717, 1.165) is 10.9 Å². The molecule has 4 nitrogen and oxygen atoms in total. The Morgan fingerprint density at radius 1 is 1.29 bits per heavy atom. The fourth-order valence-electron chi connectivity index (χ4n) is 2.89. The minimum Gasteiger partial charge on any atom is -0.397 e. The summed E-state index contributed by atoms with van der Waals surface area (Å²) in [5.41, 5.74) is 8.30. The van der Waals surface area contributed by atoms with Crippen molar-refractivity contribution in [3.05, 3.63) is 10.4 Å². The Hall–Kier alpha value is -1.23. The first-order valence-corrected chi connectivity index (χ1v) is 8.55. The zero-order valence-electron chi connectivity index (χ0n) is 13.3. The molecule has 5 heteroatoms. The molecule has 0 atom stereocenters. The van der Waals surface area contributed by atoms with Crippen LogP contribution in [0, 0.1) is 5.92 Å². The van der Waals surface area contributed by atoms with E-state index in [9.17, 15) is 4.79 Å². The number of nitrogens with one attached hydrogen (secondary N) is 1. The van der Waals surface area contributed by atoms with Gasteiger partial charge >= 0.3 is 0 Å². The molecule has 0 aliphatic heterocycles. The average Bonchev–Trinajstić information content (AvgIpc) is 3.25. The van der Waals surface area contributed by atoms with Crippen LogP contribution in [0.4, 0.5) is 10.7 Å². The van der Waals surface area contributed by atoms with Gasteiger partial charge in [0.15, 0.2) is 0 Å². The number of nitrogens with zero attached hydrogens (tertiary/aromatic N) is 1. The smallest absolute Gasteiger partial charge is 0.265 e. The van der Waals surface area contributed by atoms with Gasteiger partial charge in [-0.05, 0) is 51.4 Å². The van der Waals surface area contributed by atoms with Crippen LogP contribution in [0.1, 0.15) is 60.7 Å². The van der Waals surface area contributed by atoms with Gasteiger partial charge in [-0.3, -0.25) is 4.79 Å². The molecular formula is C16H25N3OS. The summed E-state index contributed by atoms with van der Waals surface area (Å²) in [6, 6.07) is 0. The topological polar surface area (TPSA) is 58.4 Å². The standard InChI is InChI=1S/C16H25N3OS/c1-16(2,10-7-8-10)18-14-11(9-5-6-9)12(17)13(21-14)15(20)19(3)4/h9-10,18H,5-8,17H2,1-4H3. The molecule has 3 N–H and O–H groups in total. The third-order valence-corrected chi connectivity index (χ3v) is 5.73. The maximum absolute atomic E-state index is 12.3. The Bertz CT molecular complexity index is 568. The van der Waals surface area contributed by atoms with E-state index in [1.165, 1.54) is 42.6 Å². The van der Waals surface area contributed by atoms with Gasteiger partial charge in [0.1, 0.15) is 4.88 Å². The molecular weight excluding hydrogens is 282 g/mol. The Labute approximate surface area is 130 Å². The van der Waals surface area contributed by atoms with Gasteiger partial charge in [-0.15, -0.1) is 11.3 Å². The van der Waals surface area contributed by atoms with Gasteiger partial charge in [-0.1, -0.05) is 0 Å². The molecule has 21 heavy (non-hydrogen) atoms. The first kappa shape index (κ1) is 14.7. The predicted octanol–water partition coefficient (Wildman–Crippen LogP) is 3.51. The van der Waals surface area contributed by atoms with Crippen LogP contribution in [-0.4, -0.2) is 30.4 Å². The van der Waals surface area contributed by atoms with Crippen molar-refractivity contribution < 1.29 is 4.79 Å². The molecule has 1 amide bonds. The number of nitrogens with two attached hydrogens (primary N) is 1. The molecule has 3 rings (SSSR count). The quantitative estimate of drug-likeness (QED) is 0.875. The molecule has 1 aromatic rings. The van der Waals surface area contributed by atoms with Crippen molar-refractivity contribution in [1.29, 1.82) is 0 Å². The lowest BCUT2D eigenvalue weighted by molar-refractivity contribution is 0.0833. The first-order chi connectivity index (χ1) is 9.81. The fourth-order valence-corrected chi connectivity index (χ4v) is 4.28. The molecule has 0 unspecified atom stereocenters. The molecule has 116 valence electrons. The zero-order chi connectivity index (χ0) is 15.4. The molecule has 2 fully saturated rings. The molecule has 0 aromatic carbocycles. The van der Waals surface area contributed by atoms with Gasteiger partial charge in [-0.25, -0.2) is 0 Å². The second-order valence-corrected chi connectivity index (χ2v) is 8.20. The van der Waals surface area contributed by atoms with Gasteiger partial charge in [-0.2, -0.15) is 0 Å². The number of hydrogen-bond acceptors (Lipinski definition) is 4. The van der Waals surface area contributed by atoms with E-state index in [1.54, 1.807) is 19.0 Å². The minimum absolute atomic E-state index is 0.0108. The van der Waals surface area contributed by atoms with Crippen molar-refractivity contribution in [2.75, 3.05) is 25.1 Å². The largest absolute Gasteiger partial charge is 0.397 e. The van der Waals surface area contributed by atoms with Gasteiger partial charge in [0.2, 0.25) is 0 Å². The molecule has 0 spiro atoms. The van der Waals surface area contributed by atoms with E-state index in [2.05, 4.69) is 19.2 Å². The number of amides is 1. The van der Waals surface area contributed by atoms with Crippen LogP contribution in [-0.2, 0) is 0 Å². The maximum Gasteiger partial charge on any atom is 0.265 e. The summed E-state index contributed by atoms with van der Waals surface area (Å²) in [4.78, 5) is 14.6. The predicted molar refractivity (Wildman–Crippen MR) is 89.1 cm³/mol. The number of hydrogen-bond donors (Lipinski definition) is 2. The van der Waals surface area contributed by atoms with E-state index < -0.39 is 0 Å². The summed E-state index contributed by atoms with van der Waals surface area (Å²) >= 11 is 1.54. The summed E-state index contributed by atoms with van der Waals surface area (Å²) < 4.78 is 0. The van der Waals surface area contributed by atoms with Gasteiger partial charge in [0.25, 0.3) is 5.91 Å². The lowest BCUT2D eigenvalue weighted by atomic mass is 9.98. The summed E-state index contributed by atoms with van der Waals surface area (Å²) in [5.74, 6) is 1.29. The number of rotatable bonds is 5. The van der Waals surface area contributed by atoms with E-state index in [1.807, 2.05) is 0 Å². The number of nitrogen functional groups attached to an aromatic ring is 1. The normalized spacial score (nSPS) is 18.7. The SMILES string of the molecule is CN(C)C(=O)c1sc(NC(C)(C)C2CC2)c(C2CC2)c1N. The van der Waals surface area contributed by atoms with Gasteiger partial charge < -0.3 is 16.0 Å². The van der Waals surface area contributed by atoms with Crippen molar-refractivity contribution >= 4 is 27.9 Å². The summed E-state index contributed by atoms with van der Waals surface area (Å²) in [6.45, 7) is 4.51. The second kappa shape index (κ2) is 4.90. The molecule has 1 heterocycles. The number of carbonyl (C=O) groups excluding carboxylic acids is 1. The van der Waals surface area contributed by atoms with Gasteiger partial charge in [0, 0.05) is 25.2 Å². The molecule has 1 aromatic heterocycles. The molecule has 0 bridgehead atoms. The third-order valence-electron chi connectivity index (χ3n) is 4.60. The number of thiophene rings is 1. The van der Waals surface area contributed by atoms with E-state index in [4.69, 9.17) is 5.73 Å². The Kier molecular flexibility index (Phi) is 3.43. The Morgan fingerprint density at radius 3 is 2.38 bits per heavy atom. The highest BCUT2D eigenvalue weighted by Gasteiger charge is 2.40. The van der Waals surface area contributed by atoms with Crippen LogP contribution >= 0.6 is 11.3 Å². The molecule has 2 saturated carbocycles. The zero-order valence-corrected chi connectivity index (χ0v) is 14.1. The lowest BCUT2D eigenvalue weighted by Gasteiger charge is -2.27. The second-order valence-electron chi connectivity index (χ2n) is 7.18. The summed E-state index contributed by atoms with van der Waals surface area (Å²) in [7, 11) is 3.55. The maximum atomic E-state index is 12.3. The third kappa shape index (κ3) is 2.76. The first-order valence-electron chi connectivity index (χ1n) is 7.73. The molecule has 2 aliphatic carbocycles. The average molecular weight is 307 g/mol. The highest BCUT2D eigenvalue weighted by molar-refractivity contribution is 7.18. The fraction of sp³-hybridized carbons (Fsp3) is 0.688.